The van der Waals surface area contributed by atoms with E-state index in [1.165, 1.54) is 27.7 Å². The molecule has 0 spiro atoms. The minimum absolute atomic E-state index is 0. The van der Waals surface area contributed by atoms with E-state index in [0.29, 0.717) is 0 Å². The zero-order valence-electron chi connectivity index (χ0n) is 18.3. The number of rotatable bonds is 12. The van der Waals surface area contributed by atoms with E-state index in [1.54, 1.807) is 0 Å². The van der Waals surface area contributed by atoms with Crippen LogP contribution in [0, 0.1) is 10.8 Å². The molecule has 12 nitrogen and oxygen atoms in total. The summed E-state index contributed by atoms with van der Waals surface area (Å²) in [4.78, 5) is 42.6. The van der Waals surface area contributed by atoms with Gasteiger partial charge in [0.2, 0.25) is 11.8 Å². The van der Waals surface area contributed by atoms with Gasteiger partial charge in [-0.15, -0.1) is 0 Å². The van der Waals surface area contributed by atoms with Gasteiger partial charge in [-0.25, -0.2) is 0 Å². The third kappa shape index (κ3) is 15.0. The van der Waals surface area contributed by atoms with Crippen molar-refractivity contribution in [2.75, 3.05) is 26.3 Å². The van der Waals surface area contributed by atoms with Crippen LogP contribution in [0.15, 0.2) is 0 Å². The molecule has 0 heterocycles. The van der Waals surface area contributed by atoms with Crippen LogP contribution in [0.2, 0.25) is 0 Å². The second-order valence-corrected chi connectivity index (χ2v) is 7.92. The number of aliphatic hydroxyl groups excluding tert-OH is 4. The number of hydrogen-bond acceptors (Lipinski definition) is 10. The van der Waals surface area contributed by atoms with E-state index >= 15 is 0 Å². The Balaban J connectivity index is -0.000000490. The van der Waals surface area contributed by atoms with Gasteiger partial charge in [-0.05, 0) is 0 Å². The van der Waals surface area contributed by atoms with E-state index in [1.807, 2.05) is 0 Å². The van der Waals surface area contributed by atoms with Crippen LogP contribution in [0.25, 0.3) is 0 Å². The van der Waals surface area contributed by atoms with Crippen molar-refractivity contribution in [3.8, 4) is 0 Å². The first-order valence-electron chi connectivity index (χ1n) is 9.15. The first-order valence-corrected chi connectivity index (χ1v) is 9.15. The summed E-state index contributed by atoms with van der Waals surface area (Å²) in [6.07, 6.45) is -3.36. The van der Waals surface area contributed by atoms with Gasteiger partial charge in [0.15, 0.2) is 0 Å². The van der Waals surface area contributed by atoms with Crippen molar-refractivity contribution in [3.05, 3.63) is 0 Å². The van der Waals surface area contributed by atoms with Crippen LogP contribution < -0.4 is 20.8 Å². The SMILES string of the molecule is CC(C)(CO)C(O)C(=O)NCCC(=O)[O-].CC(C)(CO)C(O)C(=O)NCCC(=O)[O-].[Mg+2]. The molecule has 0 saturated heterocycles. The first kappa shape index (κ1) is 34.1. The molecule has 13 heteroatoms. The van der Waals surface area contributed by atoms with Crippen LogP contribution >= 0.6 is 0 Å². The fourth-order valence-electron chi connectivity index (χ4n) is 1.65. The summed E-state index contributed by atoms with van der Waals surface area (Å²) in [5.74, 6) is -3.94. The number of aliphatic hydroxyl groups is 4. The summed E-state index contributed by atoms with van der Waals surface area (Å²) in [7, 11) is 0. The number of carboxylic acids is 2. The number of carbonyl (C=O) groups excluding carboxylic acids is 4. The third-order valence-electron chi connectivity index (χ3n) is 4.05. The molecular weight excluding hydrogens is 429 g/mol. The predicted molar refractivity (Wildman–Crippen MR) is 105 cm³/mol. The van der Waals surface area contributed by atoms with Crippen molar-refractivity contribution in [2.24, 2.45) is 10.8 Å². The molecule has 0 aromatic rings. The van der Waals surface area contributed by atoms with Crippen LogP contribution in [0.5, 0.6) is 0 Å². The molecule has 0 aromatic heterocycles. The molecule has 0 radical (unpaired) electrons. The number of aliphatic carboxylic acids is 2. The minimum atomic E-state index is -1.37. The Labute approximate surface area is 197 Å². The largest absolute Gasteiger partial charge is 2.00 e. The zero-order chi connectivity index (χ0) is 24.1. The summed E-state index contributed by atoms with van der Waals surface area (Å²) in [6, 6.07) is 0. The second-order valence-electron chi connectivity index (χ2n) is 7.92. The van der Waals surface area contributed by atoms with E-state index in [2.05, 4.69) is 10.6 Å². The summed E-state index contributed by atoms with van der Waals surface area (Å²) >= 11 is 0. The number of amides is 2. The van der Waals surface area contributed by atoms with Crippen LogP contribution in [0.4, 0.5) is 0 Å². The Morgan fingerprint density at radius 2 is 1.00 bits per heavy atom. The number of nitrogens with one attached hydrogen (secondary N) is 2. The van der Waals surface area contributed by atoms with Gasteiger partial charge >= 0.3 is 23.1 Å². The van der Waals surface area contributed by atoms with Gasteiger partial charge in [0.1, 0.15) is 12.2 Å². The maximum absolute atomic E-state index is 11.2. The Kier molecular flexibility index (Phi) is 17.8. The topological polar surface area (TPSA) is 219 Å². The molecule has 2 amide bonds. The summed E-state index contributed by atoms with van der Waals surface area (Å²) in [6.45, 7) is 5.21. The molecule has 2 atom stereocenters. The zero-order valence-corrected chi connectivity index (χ0v) is 19.8. The molecule has 0 aliphatic carbocycles. The molecule has 0 fully saturated rings. The van der Waals surface area contributed by atoms with Gasteiger partial charge in [0.25, 0.3) is 0 Å². The molecule has 0 rings (SSSR count). The van der Waals surface area contributed by atoms with Gasteiger partial charge in [-0.3, -0.25) is 9.59 Å². The van der Waals surface area contributed by atoms with E-state index in [9.17, 15) is 39.6 Å². The standard InChI is InChI=1S/2C9H17NO5.Mg/c2*1-9(2,5-11)7(14)8(15)10-4-3-6(12)13;/h2*7,11,14H,3-5H2,1-2H3,(H,10,15)(H,12,13);/q;;+2/p-2. The Morgan fingerprint density at radius 1 is 0.742 bits per heavy atom. The average molecular weight is 461 g/mol. The van der Waals surface area contributed by atoms with Crippen molar-refractivity contribution >= 4 is 46.8 Å². The van der Waals surface area contributed by atoms with Gasteiger partial charge in [0, 0.05) is 48.7 Å². The summed E-state index contributed by atoms with van der Waals surface area (Å²) in [5.41, 5.74) is -1.91. The predicted octanol–water partition coefficient (Wildman–Crippen LogP) is -5.14. The van der Waals surface area contributed by atoms with E-state index in [-0.39, 0.29) is 62.2 Å². The van der Waals surface area contributed by atoms with Crippen LogP contribution in [0.1, 0.15) is 40.5 Å². The maximum Gasteiger partial charge on any atom is 2.00 e. The Morgan fingerprint density at radius 3 is 1.19 bits per heavy atom. The Hall–Kier alpha value is -1.51. The molecule has 2 unspecified atom stereocenters. The van der Waals surface area contributed by atoms with Crippen LogP contribution in [-0.4, -0.2) is 106 Å². The second kappa shape index (κ2) is 16.2. The maximum atomic E-state index is 11.2. The summed E-state index contributed by atoms with van der Waals surface area (Å²) in [5, 5.41) is 61.3. The van der Waals surface area contributed by atoms with Gasteiger partial charge in [0.05, 0.1) is 13.2 Å². The first-order chi connectivity index (χ1) is 13.6. The molecule has 31 heavy (non-hydrogen) atoms. The van der Waals surface area contributed by atoms with Gasteiger partial charge < -0.3 is 50.9 Å². The van der Waals surface area contributed by atoms with E-state index < -0.39 is 46.8 Å². The third-order valence-corrected chi connectivity index (χ3v) is 4.05. The van der Waals surface area contributed by atoms with Crippen molar-refractivity contribution in [3.63, 3.8) is 0 Å². The fraction of sp³-hybridized carbons (Fsp3) is 0.778. The molecular formula is C18H32MgN2O10. The molecule has 0 bridgehead atoms. The van der Waals surface area contributed by atoms with Gasteiger partial charge in [-0.2, -0.15) is 0 Å². The average Bonchev–Trinajstić information content (AvgIpc) is 2.66. The minimum Gasteiger partial charge on any atom is -0.550 e. The van der Waals surface area contributed by atoms with E-state index in [0.717, 1.165) is 0 Å². The molecule has 0 aliphatic rings. The molecule has 0 aliphatic heterocycles. The molecule has 0 saturated carbocycles. The summed E-state index contributed by atoms with van der Waals surface area (Å²) < 4.78 is 0. The molecule has 176 valence electrons. The van der Waals surface area contributed by atoms with Crippen molar-refractivity contribution < 1.29 is 49.8 Å². The Bertz CT molecular complexity index is 534. The molecule has 6 N–H and O–H groups in total. The van der Waals surface area contributed by atoms with Crippen molar-refractivity contribution in [1.29, 1.82) is 0 Å². The normalized spacial score (nSPS) is 12.9. The van der Waals surface area contributed by atoms with Crippen LogP contribution in [-0.2, 0) is 19.2 Å². The number of hydrogen-bond donors (Lipinski definition) is 6. The molecule has 0 aromatic carbocycles. The monoisotopic (exact) mass is 460 g/mol. The van der Waals surface area contributed by atoms with Crippen molar-refractivity contribution in [1.82, 2.24) is 10.6 Å². The smallest absolute Gasteiger partial charge is 0.550 e. The number of carboxylic acid groups (broad SMARTS) is 2. The van der Waals surface area contributed by atoms with Gasteiger partial charge in [-0.1, -0.05) is 27.7 Å². The van der Waals surface area contributed by atoms with Crippen molar-refractivity contribution in [2.45, 2.75) is 52.7 Å². The number of carbonyl (C=O) groups is 4. The fourth-order valence-corrected chi connectivity index (χ4v) is 1.65. The van der Waals surface area contributed by atoms with Crippen LogP contribution in [0.3, 0.4) is 0 Å². The quantitative estimate of drug-likeness (QED) is 0.152. The van der Waals surface area contributed by atoms with E-state index in [4.69, 9.17) is 10.2 Å².